The minimum absolute atomic E-state index is 0.296. The first-order chi connectivity index (χ1) is 13.0. The van der Waals surface area contributed by atoms with Crippen LogP contribution in [0.25, 0.3) is 27.5 Å². The molecule has 0 radical (unpaired) electrons. The first-order valence-electron chi connectivity index (χ1n) is 8.47. The fourth-order valence-electron chi connectivity index (χ4n) is 3.35. The van der Waals surface area contributed by atoms with E-state index in [2.05, 4.69) is 0 Å². The standard InChI is InChI=1S/C21H18N2O3S/c1-12-11-15(9-10-16(12)26-3)17-13(2)23-18(14-7-5-4-6-8-14)19(20(24)25)27-21(23)22-17/h4-11H,1-3H3,(H,24,25). The Labute approximate surface area is 160 Å². The van der Waals surface area contributed by atoms with E-state index in [1.165, 1.54) is 11.3 Å². The van der Waals surface area contributed by atoms with Gasteiger partial charge in [0.25, 0.3) is 0 Å². The molecular formula is C21H18N2O3S. The van der Waals surface area contributed by atoms with Crippen LogP contribution < -0.4 is 4.74 Å². The lowest BCUT2D eigenvalue weighted by Crippen LogP contribution is -1.99. The summed E-state index contributed by atoms with van der Waals surface area (Å²) in [6.07, 6.45) is 0. The topological polar surface area (TPSA) is 63.8 Å². The Morgan fingerprint density at radius 3 is 2.48 bits per heavy atom. The zero-order chi connectivity index (χ0) is 19.1. The lowest BCUT2D eigenvalue weighted by atomic mass is 10.1. The summed E-state index contributed by atoms with van der Waals surface area (Å²) in [6, 6.07) is 15.5. The molecule has 5 nitrogen and oxygen atoms in total. The molecule has 2 aromatic carbocycles. The number of imidazole rings is 1. The van der Waals surface area contributed by atoms with Crippen LogP contribution in [0.3, 0.4) is 0 Å². The Morgan fingerprint density at radius 1 is 1.11 bits per heavy atom. The van der Waals surface area contributed by atoms with E-state index < -0.39 is 5.97 Å². The molecule has 0 aliphatic carbocycles. The van der Waals surface area contributed by atoms with Gasteiger partial charge in [0.05, 0.1) is 18.5 Å². The highest BCUT2D eigenvalue weighted by atomic mass is 32.1. The maximum Gasteiger partial charge on any atom is 0.348 e. The molecule has 136 valence electrons. The molecule has 0 bridgehead atoms. The second-order valence-electron chi connectivity index (χ2n) is 6.30. The highest BCUT2D eigenvalue weighted by Crippen LogP contribution is 2.37. The Balaban J connectivity index is 1.97. The van der Waals surface area contributed by atoms with Crippen molar-refractivity contribution in [3.8, 4) is 28.3 Å². The van der Waals surface area contributed by atoms with Crippen molar-refractivity contribution in [1.82, 2.24) is 9.38 Å². The number of methoxy groups -OCH3 is 1. The van der Waals surface area contributed by atoms with E-state index in [4.69, 9.17) is 9.72 Å². The van der Waals surface area contributed by atoms with Crippen molar-refractivity contribution in [2.45, 2.75) is 13.8 Å². The van der Waals surface area contributed by atoms with E-state index in [9.17, 15) is 9.90 Å². The number of carboxylic acids is 1. The molecule has 27 heavy (non-hydrogen) atoms. The van der Waals surface area contributed by atoms with E-state index >= 15 is 0 Å². The van der Waals surface area contributed by atoms with Crippen LogP contribution in [0, 0.1) is 13.8 Å². The zero-order valence-corrected chi connectivity index (χ0v) is 16.0. The molecule has 0 saturated heterocycles. The second kappa shape index (κ2) is 6.55. The highest BCUT2D eigenvalue weighted by molar-refractivity contribution is 7.19. The highest BCUT2D eigenvalue weighted by Gasteiger charge is 2.24. The molecule has 6 heteroatoms. The number of carbonyl (C=O) groups is 1. The van der Waals surface area contributed by atoms with E-state index in [0.29, 0.717) is 15.5 Å². The van der Waals surface area contributed by atoms with Gasteiger partial charge < -0.3 is 9.84 Å². The average molecular weight is 378 g/mol. The van der Waals surface area contributed by atoms with Gasteiger partial charge >= 0.3 is 5.97 Å². The van der Waals surface area contributed by atoms with Gasteiger partial charge in [-0.2, -0.15) is 0 Å². The van der Waals surface area contributed by atoms with E-state index in [1.54, 1.807) is 7.11 Å². The van der Waals surface area contributed by atoms with E-state index in [1.807, 2.05) is 66.8 Å². The van der Waals surface area contributed by atoms with Gasteiger partial charge in [0, 0.05) is 16.8 Å². The van der Waals surface area contributed by atoms with Crippen molar-refractivity contribution >= 4 is 22.3 Å². The van der Waals surface area contributed by atoms with Crippen molar-refractivity contribution < 1.29 is 14.6 Å². The lowest BCUT2D eigenvalue weighted by Gasteiger charge is -2.08. The molecular weight excluding hydrogens is 360 g/mol. The average Bonchev–Trinajstić information content (AvgIpc) is 3.19. The molecule has 0 aliphatic heterocycles. The minimum atomic E-state index is -0.939. The molecule has 0 saturated carbocycles. The monoisotopic (exact) mass is 378 g/mol. The largest absolute Gasteiger partial charge is 0.496 e. The van der Waals surface area contributed by atoms with Crippen LogP contribution in [-0.4, -0.2) is 27.6 Å². The molecule has 0 spiro atoms. The summed E-state index contributed by atoms with van der Waals surface area (Å²) in [5.41, 5.74) is 5.31. The SMILES string of the molecule is COc1ccc(-c2nc3sc(C(=O)O)c(-c4ccccc4)n3c2C)cc1C. The van der Waals surface area contributed by atoms with Crippen LogP contribution in [0.4, 0.5) is 0 Å². The molecule has 2 aromatic heterocycles. The number of benzene rings is 2. The molecule has 4 aromatic rings. The van der Waals surface area contributed by atoms with Crippen molar-refractivity contribution in [1.29, 1.82) is 0 Å². The van der Waals surface area contributed by atoms with Gasteiger partial charge in [0.1, 0.15) is 10.6 Å². The summed E-state index contributed by atoms with van der Waals surface area (Å²) in [5.74, 6) is -0.110. The maximum absolute atomic E-state index is 11.8. The Morgan fingerprint density at radius 2 is 1.85 bits per heavy atom. The number of hydrogen-bond acceptors (Lipinski definition) is 4. The fourth-order valence-corrected chi connectivity index (χ4v) is 4.38. The molecule has 0 amide bonds. The maximum atomic E-state index is 11.8. The van der Waals surface area contributed by atoms with Gasteiger partial charge in [-0.3, -0.25) is 4.40 Å². The Bertz CT molecular complexity index is 1160. The number of nitrogens with zero attached hydrogens (tertiary/aromatic N) is 2. The minimum Gasteiger partial charge on any atom is -0.496 e. The summed E-state index contributed by atoms with van der Waals surface area (Å²) in [6.45, 7) is 3.97. The van der Waals surface area contributed by atoms with Crippen LogP contribution in [0.1, 0.15) is 20.9 Å². The van der Waals surface area contributed by atoms with Gasteiger partial charge in [0.2, 0.25) is 0 Å². The first kappa shape index (κ1) is 17.3. The number of thiazole rings is 1. The zero-order valence-electron chi connectivity index (χ0n) is 15.2. The number of aromatic carboxylic acids is 1. The lowest BCUT2D eigenvalue weighted by molar-refractivity contribution is 0.0702. The van der Waals surface area contributed by atoms with Gasteiger partial charge in [-0.25, -0.2) is 9.78 Å². The number of ether oxygens (including phenoxy) is 1. The normalized spacial score (nSPS) is 11.1. The molecule has 0 atom stereocenters. The molecule has 1 N–H and O–H groups in total. The molecule has 0 unspecified atom stereocenters. The third kappa shape index (κ3) is 2.78. The number of fused-ring (bicyclic) bond motifs is 1. The van der Waals surface area contributed by atoms with E-state index in [-0.39, 0.29) is 0 Å². The number of rotatable bonds is 4. The third-order valence-electron chi connectivity index (χ3n) is 4.62. The molecule has 4 rings (SSSR count). The van der Waals surface area contributed by atoms with Crippen molar-refractivity contribution in [2.24, 2.45) is 0 Å². The number of hydrogen-bond donors (Lipinski definition) is 1. The van der Waals surface area contributed by atoms with Gasteiger partial charge in [-0.05, 0) is 37.6 Å². The van der Waals surface area contributed by atoms with Crippen molar-refractivity contribution in [3.63, 3.8) is 0 Å². The molecule has 0 aliphatic rings. The predicted octanol–water partition coefficient (Wildman–Crippen LogP) is 5.05. The Kier molecular flexibility index (Phi) is 4.20. The molecule has 2 heterocycles. The van der Waals surface area contributed by atoms with Crippen LogP contribution in [-0.2, 0) is 0 Å². The van der Waals surface area contributed by atoms with Gasteiger partial charge in [-0.1, -0.05) is 41.7 Å². The van der Waals surface area contributed by atoms with E-state index in [0.717, 1.165) is 33.8 Å². The van der Waals surface area contributed by atoms with Gasteiger partial charge in [-0.15, -0.1) is 0 Å². The van der Waals surface area contributed by atoms with Crippen molar-refractivity contribution in [3.05, 3.63) is 64.7 Å². The predicted molar refractivity (Wildman–Crippen MR) is 107 cm³/mol. The van der Waals surface area contributed by atoms with Crippen LogP contribution in [0.5, 0.6) is 5.75 Å². The number of aryl methyl sites for hydroxylation is 2. The van der Waals surface area contributed by atoms with Crippen LogP contribution >= 0.6 is 11.3 Å². The first-order valence-corrected chi connectivity index (χ1v) is 9.28. The third-order valence-corrected chi connectivity index (χ3v) is 5.65. The summed E-state index contributed by atoms with van der Waals surface area (Å²) < 4.78 is 7.28. The second-order valence-corrected chi connectivity index (χ2v) is 7.28. The van der Waals surface area contributed by atoms with Gasteiger partial charge in [0.15, 0.2) is 4.96 Å². The smallest absolute Gasteiger partial charge is 0.348 e. The van der Waals surface area contributed by atoms with Crippen LogP contribution in [0.15, 0.2) is 48.5 Å². The summed E-state index contributed by atoms with van der Waals surface area (Å²) in [7, 11) is 1.65. The fraction of sp³-hybridized carbons (Fsp3) is 0.143. The van der Waals surface area contributed by atoms with Crippen molar-refractivity contribution in [2.75, 3.05) is 7.11 Å². The quantitative estimate of drug-likeness (QED) is 0.539. The number of aromatic nitrogens is 2. The Hall–Kier alpha value is -3.12. The summed E-state index contributed by atoms with van der Waals surface area (Å²) >= 11 is 1.20. The molecule has 0 fully saturated rings. The number of carboxylic acid groups (broad SMARTS) is 1. The van der Waals surface area contributed by atoms with Crippen LogP contribution in [0.2, 0.25) is 0 Å². The summed E-state index contributed by atoms with van der Waals surface area (Å²) in [5, 5.41) is 9.67. The summed E-state index contributed by atoms with van der Waals surface area (Å²) in [4.78, 5) is 17.5.